The minimum atomic E-state index is -0.178. The molecule has 0 aliphatic heterocycles. The average molecular weight is 462 g/mol. The summed E-state index contributed by atoms with van der Waals surface area (Å²) in [5.41, 5.74) is 2.97. The predicted molar refractivity (Wildman–Crippen MR) is 125 cm³/mol. The van der Waals surface area contributed by atoms with E-state index in [-0.39, 0.29) is 18.0 Å². The van der Waals surface area contributed by atoms with Crippen molar-refractivity contribution in [3.8, 4) is 0 Å². The molecule has 9 nitrogen and oxygen atoms in total. The quantitative estimate of drug-likeness (QED) is 0.401. The van der Waals surface area contributed by atoms with Gasteiger partial charge in [-0.25, -0.2) is 14.6 Å². The molecular weight excluding hydrogens is 442 g/mol. The molecule has 3 aromatic heterocycles. The normalized spacial score (nSPS) is 11.3. The Balaban J connectivity index is 1.23. The Morgan fingerprint density at radius 1 is 1.03 bits per heavy atom. The zero-order valence-corrected chi connectivity index (χ0v) is 18.3. The lowest BCUT2D eigenvalue weighted by molar-refractivity contribution is -0.121. The van der Waals surface area contributed by atoms with Crippen LogP contribution in [0.2, 0.25) is 5.02 Å². The van der Waals surface area contributed by atoms with E-state index in [0.717, 1.165) is 16.6 Å². The van der Waals surface area contributed by atoms with Crippen molar-refractivity contribution in [3.05, 3.63) is 88.3 Å². The van der Waals surface area contributed by atoms with Crippen molar-refractivity contribution in [1.82, 2.24) is 34.2 Å². The summed E-state index contributed by atoms with van der Waals surface area (Å²) in [5, 5.41) is 8.21. The molecule has 166 valence electrons. The van der Waals surface area contributed by atoms with Gasteiger partial charge in [0.25, 0.3) is 5.56 Å². The van der Waals surface area contributed by atoms with Crippen molar-refractivity contribution >= 4 is 39.6 Å². The van der Waals surface area contributed by atoms with E-state index in [0.29, 0.717) is 35.7 Å². The van der Waals surface area contributed by atoms with Gasteiger partial charge in [0.2, 0.25) is 5.91 Å². The monoisotopic (exact) mass is 461 g/mol. The van der Waals surface area contributed by atoms with E-state index < -0.39 is 0 Å². The standard InChI is InChI=1S/C23H20ClN7O2/c24-17-5-3-4-16(10-17)12-30-15-27-22-18(23(30)33)11-28-31(22)9-8-25-21(32)13-29-14-26-19-6-1-2-7-20(19)29/h1-7,10-11,14-15H,8-9,12-13H2,(H,25,32). The molecule has 0 bridgehead atoms. The highest BCUT2D eigenvalue weighted by Gasteiger charge is 2.12. The lowest BCUT2D eigenvalue weighted by Crippen LogP contribution is -2.30. The van der Waals surface area contributed by atoms with Gasteiger partial charge in [0.05, 0.1) is 36.6 Å². The summed E-state index contributed by atoms with van der Waals surface area (Å²) in [4.78, 5) is 33.9. The van der Waals surface area contributed by atoms with Crippen LogP contribution in [0.3, 0.4) is 0 Å². The first-order valence-corrected chi connectivity index (χ1v) is 10.8. The summed E-state index contributed by atoms with van der Waals surface area (Å²) < 4.78 is 4.95. The van der Waals surface area contributed by atoms with E-state index >= 15 is 0 Å². The number of rotatable bonds is 7. The summed E-state index contributed by atoms with van der Waals surface area (Å²) >= 11 is 6.03. The lowest BCUT2D eigenvalue weighted by atomic mass is 10.2. The number of amides is 1. The smallest absolute Gasteiger partial charge is 0.264 e. The van der Waals surface area contributed by atoms with Gasteiger partial charge in [-0.1, -0.05) is 35.9 Å². The molecule has 0 spiro atoms. The van der Waals surface area contributed by atoms with Crippen LogP contribution in [-0.2, 0) is 24.4 Å². The fourth-order valence-electron chi connectivity index (χ4n) is 3.75. The Morgan fingerprint density at radius 2 is 1.88 bits per heavy atom. The number of carbonyl (C=O) groups is 1. The van der Waals surface area contributed by atoms with Crippen LogP contribution in [0.1, 0.15) is 5.56 Å². The molecule has 0 saturated heterocycles. The highest BCUT2D eigenvalue weighted by atomic mass is 35.5. The van der Waals surface area contributed by atoms with Gasteiger partial charge in [-0.3, -0.25) is 14.2 Å². The average Bonchev–Trinajstić information content (AvgIpc) is 3.41. The second-order valence-electron chi connectivity index (χ2n) is 7.62. The topological polar surface area (TPSA) is 99.6 Å². The fourth-order valence-corrected chi connectivity index (χ4v) is 3.97. The third-order valence-corrected chi connectivity index (χ3v) is 5.59. The van der Waals surface area contributed by atoms with Gasteiger partial charge in [0.15, 0.2) is 5.65 Å². The van der Waals surface area contributed by atoms with Gasteiger partial charge >= 0.3 is 0 Å². The summed E-state index contributed by atoms with van der Waals surface area (Å²) in [6.45, 7) is 1.29. The molecular formula is C23H20ClN7O2. The maximum absolute atomic E-state index is 12.9. The van der Waals surface area contributed by atoms with Crippen molar-refractivity contribution in [2.45, 2.75) is 19.6 Å². The van der Waals surface area contributed by atoms with Gasteiger partial charge in [-0.05, 0) is 29.8 Å². The molecule has 0 saturated carbocycles. The third-order valence-electron chi connectivity index (χ3n) is 5.35. The maximum Gasteiger partial charge on any atom is 0.264 e. The first-order valence-electron chi connectivity index (χ1n) is 10.4. The predicted octanol–water partition coefficient (Wildman–Crippen LogP) is 2.46. The van der Waals surface area contributed by atoms with Crippen molar-refractivity contribution in [2.75, 3.05) is 6.54 Å². The molecule has 5 aromatic rings. The molecule has 1 N–H and O–H groups in total. The van der Waals surface area contributed by atoms with Crippen molar-refractivity contribution in [1.29, 1.82) is 0 Å². The fraction of sp³-hybridized carbons (Fsp3) is 0.174. The van der Waals surface area contributed by atoms with Crippen LogP contribution in [-0.4, -0.2) is 41.3 Å². The zero-order valence-electron chi connectivity index (χ0n) is 17.6. The number of benzene rings is 2. The Labute approximate surface area is 193 Å². The minimum absolute atomic E-state index is 0.133. The van der Waals surface area contributed by atoms with Crippen molar-refractivity contribution in [2.24, 2.45) is 0 Å². The Morgan fingerprint density at radius 3 is 2.76 bits per heavy atom. The van der Waals surface area contributed by atoms with Gasteiger partial charge in [0, 0.05) is 11.6 Å². The molecule has 0 fully saturated rings. The first-order chi connectivity index (χ1) is 16.1. The van der Waals surface area contributed by atoms with Crippen molar-refractivity contribution in [3.63, 3.8) is 0 Å². The summed E-state index contributed by atoms with van der Waals surface area (Å²) in [5.74, 6) is -0.133. The number of para-hydroxylation sites is 2. The summed E-state index contributed by atoms with van der Waals surface area (Å²) in [7, 11) is 0. The second kappa shape index (κ2) is 8.87. The number of aromatic nitrogens is 6. The highest BCUT2D eigenvalue weighted by molar-refractivity contribution is 6.30. The van der Waals surface area contributed by atoms with E-state index in [2.05, 4.69) is 20.4 Å². The summed E-state index contributed by atoms with van der Waals surface area (Å²) in [6, 6.07) is 15.0. The summed E-state index contributed by atoms with van der Waals surface area (Å²) in [6.07, 6.45) is 4.68. The van der Waals surface area contributed by atoms with Crippen LogP contribution in [0.5, 0.6) is 0 Å². The SMILES string of the molecule is O=C(Cn1cnc2ccccc21)NCCn1ncc2c(=O)n(Cc3cccc(Cl)c3)cnc21. The molecule has 0 aliphatic rings. The third kappa shape index (κ3) is 4.35. The lowest BCUT2D eigenvalue weighted by Gasteiger charge is -2.08. The molecule has 0 atom stereocenters. The molecule has 5 rings (SSSR count). The Hall–Kier alpha value is -3.98. The molecule has 1 amide bonds. The molecule has 3 heterocycles. The molecule has 2 aromatic carbocycles. The number of nitrogens with one attached hydrogen (secondary N) is 1. The van der Waals surface area contributed by atoms with Crippen LogP contribution in [0.4, 0.5) is 0 Å². The second-order valence-corrected chi connectivity index (χ2v) is 8.06. The molecule has 0 aliphatic carbocycles. The van der Waals surface area contributed by atoms with E-state index in [1.165, 1.54) is 17.1 Å². The Bertz CT molecular complexity index is 1520. The minimum Gasteiger partial charge on any atom is -0.353 e. The van der Waals surface area contributed by atoms with Gasteiger partial charge < -0.3 is 9.88 Å². The van der Waals surface area contributed by atoms with Crippen molar-refractivity contribution < 1.29 is 4.79 Å². The van der Waals surface area contributed by atoms with Gasteiger partial charge in [-0.15, -0.1) is 0 Å². The van der Waals surface area contributed by atoms with Crippen LogP contribution >= 0.6 is 11.6 Å². The van der Waals surface area contributed by atoms with Crippen LogP contribution in [0, 0.1) is 0 Å². The number of imidazole rings is 1. The van der Waals surface area contributed by atoms with E-state index in [4.69, 9.17) is 11.6 Å². The number of carbonyl (C=O) groups excluding carboxylic acids is 1. The number of nitrogens with zero attached hydrogens (tertiary/aromatic N) is 6. The molecule has 0 unspecified atom stereocenters. The number of hydrogen-bond donors (Lipinski definition) is 1. The largest absolute Gasteiger partial charge is 0.353 e. The van der Waals surface area contributed by atoms with Crippen LogP contribution in [0.25, 0.3) is 22.1 Å². The van der Waals surface area contributed by atoms with E-state index in [1.807, 2.05) is 42.5 Å². The maximum atomic E-state index is 12.9. The number of halogens is 1. The molecule has 33 heavy (non-hydrogen) atoms. The van der Waals surface area contributed by atoms with E-state index in [1.54, 1.807) is 21.6 Å². The highest BCUT2D eigenvalue weighted by Crippen LogP contribution is 2.13. The van der Waals surface area contributed by atoms with Crippen LogP contribution in [0.15, 0.2) is 72.2 Å². The zero-order chi connectivity index (χ0) is 22.8. The van der Waals surface area contributed by atoms with Gasteiger partial charge in [-0.2, -0.15) is 5.10 Å². The molecule has 0 radical (unpaired) electrons. The molecule has 10 heteroatoms. The Kier molecular flexibility index (Phi) is 5.62. The van der Waals surface area contributed by atoms with Crippen LogP contribution < -0.4 is 10.9 Å². The van der Waals surface area contributed by atoms with Gasteiger partial charge in [0.1, 0.15) is 18.3 Å². The van der Waals surface area contributed by atoms with E-state index in [9.17, 15) is 9.59 Å². The number of fused-ring (bicyclic) bond motifs is 2. The first kappa shape index (κ1) is 20.9. The number of hydrogen-bond acceptors (Lipinski definition) is 5.